The Morgan fingerprint density at radius 3 is 2.23 bits per heavy atom. The van der Waals surface area contributed by atoms with E-state index in [0.717, 1.165) is 5.56 Å². The molecule has 0 spiro atoms. The maximum absolute atomic E-state index is 13.9. The number of rotatable bonds is 6. The minimum absolute atomic E-state index is 0.146. The fourth-order valence-electron chi connectivity index (χ4n) is 3.38. The first kappa shape index (κ1) is 22.0. The highest BCUT2D eigenvalue weighted by atomic mass is 32.2. The quantitative estimate of drug-likeness (QED) is 0.734. The number of benzene rings is 2. The molecule has 0 aliphatic carbocycles. The van der Waals surface area contributed by atoms with Crippen LogP contribution >= 0.6 is 0 Å². The van der Waals surface area contributed by atoms with Crippen LogP contribution in [0.1, 0.15) is 15.9 Å². The van der Waals surface area contributed by atoms with Crippen molar-refractivity contribution < 1.29 is 27.1 Å². The van der Waals surface area contributed by atoms with Crippen LogP contribution in [0.3, 0.4) is 0 Å². The smallest absolute Gasteiger partial charge is 0.257 e. The van der Waals surface area contributed by atoms with Crippen molar-refractivity contribution in [3.05, 3.63) is 53.3 Å². The van der Waals surface area contributed by atoms with Crippen molar-refractivity contribution in [1.29, 1.82) is 0 Å². The van der Waals surface area contributed by atoms with Gasteiger partial charge in [0.2, 0.25) is 10.0 Å². The number of carbonyl (C=O) groups excluding carboxylic acids is 1. The van der Waals surface area contributed by atoms with Gasteiger partial charge >= 0.3 is 0 Å². The third kappa shape index (κ3) is 4.89. The van der Waals surface area contributed by atoms with Gasteiger partial charge < -0.3 is 14.4 Å². The van der Waals surface area contributed by atoms with E-state index < -0.39 is 15.8 Å². The molecule has 1 aliphatic rings. The van der Waals surface area contributed by atoms with Crippen LogP contribution in [-0.2, 0) is 16.6 Å². The molecule has 1 aliphatic heterocycles. The Hall–Kier alpha value is -2.69. The number of nitrogens with zero attached hydrogens (tertiary/aromatic N) is 2. The average molecular weight is 437 g/mol. The summed E-state index contributed by atoms with van der Waals surface area (Å²) in [5.74, 6) is -0.258. The first-order valence-corrected chi connectivity index (χ1v) is 10.8. The number of primary sulfonamides is 1. The van der Waals surface area contributed by atoms with E-state index in [1.54, 1.807) is 11.0 Å². The van der Waals surface area contributed by atoms with Gasteiger partial charge in [0.15, 0.2) is 11.6 Å². The minimum atomic E-state index is -3.94. The molecule has 1 saturated heterocycles. The minimum Gasteiger partial charge on any atom is -0.496 e. The van der Waals surface area contributed by atoms with E-state index in [9.17, 15) is 17.6 Å². The van der Waals surface area contributed by atoms with Crippen molar-refractivity contribution >= 4 is 15.9 Å². The normalized spacial score (nSPS) is 15.1. The summed E-state index contributed by atoms with van der Waals surface area (Å²) in [4.78, 5) is 16.6. The molecule has 162 valence electrons. The summed E-state index contributed by atoms with van der Waals surface area (Å²) < 4.78 is 47.3. The van der Waals surface area contributed by atoms with E-state index >= 15 is 0 Å². The van der Waals surface area contributed by atoms with E-state index in [1.165, 1.54) is 38.5 Å². The number of hydrogen-bond acceptors (Lipinski definition) is 6. The highest BCUT2D eigenvalue weighted by molar-refractivity contribution is 7.89. The lowest BCUT2D eigenvalue weighted by molar-refractivity contribution is 0.0625. The number of hydrogen-bond donors (Lipinski definition) is 1. The largest absolute Gasteiger partial charge is 0.496 e. The Morgan fingerprint density at radius 1 is 1.03 bits per heavy atom. The predicted octanol–water partition coefficient (Wildman–Crippen LogP) is 1.45. The molecular weight excluding hydrogens is 413 g/mol. The molecule has 3 rings (SSSR count). The van der Waals surface area contributed by atoms with Crippen molar-refractivity contribution in [3.8, 4) is 11.5 Å². The zero-order valence-corrected chi connectivity index (χ0v) is 17.6. The Labute approximate surface area is 175 Å². The van der Waals surface area contributed by atoms with Gasteiger partial charge in [-0.25, -0.2) is 17.9 Å². The summed E-state index contributed by atoms with van der Waals surface area (Å²) in [5, 5.41) is 5.18. The molecule has 1 heterocycles. The summed E-state index contributed by atoms with van der Waals surface area (Å²) in [6.45, 7) is 2.63. The van der Waals surface area contributed by atoms with Crippen LogP contribution in [0.2, 0.25) is 0 Å². The van der Waals surface area contributed by atoms with Crippen LogP contribution in [0.5, 0.6) is 11.5 Å². The summed E-state index contributed by atoms with van der Waals surface area (Å²) in [6.07, 6.45) is 0. The van der Waals surface area contributed by atoms with Gasteiger partial charge in [0.1, 0.15) is 5.75 Å². The molecule has 0 bridgehead atoms. The second kappa shape index (κ2) is 8.99. The number of sulfonamides is 1. The number of methoxy groups -OCH3 is 2. The third-order valence-corrected chi connectivity index (χ3v) is 5.92. The van der Waals surface area contributed by atoms with Gasteiger partial charge in [-0.15, -0.1) is 0 Å². The van der Waals surface area contributed by atoms with E-state index in [4.69, 9.17) is 14.6 Å². The van der Waals surface area contributed by atoms with E-state index in [-0.39, 0.29) is 27.9 Å². The number of piperazine rings is 1. The van der Waals surface area contributed by atoms with E-state index in [2.05, 4.69) is 4.90 Å². The number of amides is 1. The molecule has 0 radical (unpaired) electrons. The zero-order valence-electron chi connectivity index (χ0n) is 16.8. The molecule has 8 nitrogen and oxygen atoms in total. The summed E-state index contributed by atoms with van der Waals surface area (Å²) in [5.41, 5.74) is 0.963. The molecule has 0 atom stereocenters. The van der Waals surface area contributed by atoms with Crippen molar-refractivity contribution in [2.24, 2.45) is 5.14 Å². The molecule has 2 aromatic rings. The highest BCUT2D eigenvalue weighted by Crippen LogP contribution is 2.24. The maximum atomic E-state index is 13.9. The third-order valence-electron chi connectivity index (χ3n) is 5.01. The monoisotopic (exact) mass is 437 g/mol. The molecule has 0 aromatic heterocycles. The first-order chi connectivity index (χ1) is 14.2. The molecule has 0 unspecified atom stereocenters. The van der Waals surface area contributed by atoms with Crippen molar-refractivity contribution in [2.75, 3.05) is 40.4 Å². The molecule has 0 saturated carbocycles. The molecule has 1 fully saturated rings. The molecule has 30 heavy (non-hydrogen) atoms. The lowest BCUT2D eigenvalue weighted by Gasteiger charge is -2.35. The molecule has 1 amide bonds. The lowest BCUT2D eigenvalue weighted by Crippen LogP contribution is -2.48. The Bertz CT molecular complexity index is 1040. The van der Waals surface area contributed by atoms with Gasteiger partial charge in [-0.2, -0.15) is 0 Å². The van der Waals surface area contributed by atoms with Gasteiger partial charge in [0.25, 0.3) is 5.91 Å². The van der Waals surface area contributed by atoms with Gasteiger partial charge in [0, 0.05) is 32.7 Å². The Kier molecular flexibility index (Phi) is 6.59. The summed E-state index contributed by atoms with van der Waals surface area (Å²) >= 11 is 0. The van der Waals surface area contributed by atoms with Crippen molar-refractivity contribution in [1.82, 2.24) is 9.80 Å². The van der Waals surface area contributed by atoms with E-state index in [1.807, 2.05) is 6.07 Å². The molecule has 10 heteroatoms. The second-order valence-corrected chi connectivity index (χ2v) is 8.51. The highest BCUT2D eigenvalue weighted by Gasteiger charge is 2.26. The van der Waals surface area contributed by atoms with Gasteiger partial charge in [-0.3, -0.25) is 9.69 Å². The summed E-state index contributed by atoms with van der Waals surface area (Å²) in [7, 11) is -1.11. The fourth-order valence-corrected chi connectivity index (χ4v) is 3.92. The average Bonchev–Trinajstić information content (AvgIpc) is 2.73. The number of carbonyl (C=O) groups is 1. The second-order valence-electron chi connectivity index (χ2n) is 6.94. The molecule has 2 aromatic carbocycles. The lowest BCUT2D eigenvalue weighted by atomic mass is 10.1. The SMILES string of the molecule is COc1ccc(CN2CCN(C(=O)c3cc(S(N)(=O)=O)ccc3OC)CC2)cc1F. The van der Waals surface area contributed by atoms with Crippen molar-refractivity contribution in [3.63, 3.8) is 0 Å². The van der Waals surface area contributed by atoms with Crippen LogP contribution in [0.15, 0.2) is 41.3 Å². The standard InChI is InChI=1S/C20H24FN3O5S/c1-28-18-6-4-15(30(22,26)27)12-16(18)20(25)24-9-7-23(8-10-24)13-14-3-5-19(29-2)17(21)11-14/h3-6,11-12H,7-10,13H2,1-2H3,(H2,22,26,27). The maximum Gasteiger partial charge on any atom is 0.257 e. The zero-order chi connectivity index (χ0) is 21.9. The van der Waals surface area contributed by atoms with Crippen molar-refractivity contribution in [2.45, 2.75) is 11.4 Å². The summed E-state index contributed by atoms with van der Waals surface area (Å²) in [6, 6.07) is 8.81. The number of nitrogens with two attached hydrogens (primary N) is 1. The number of ether oxygens (including phenoxy) is 2. The Balaban J connectivity index is 1.68. The topological polar surface area (TPSA) is 102 Å². The van der Waals surface area contributed by atoms with Crippen LogP contribution in [0, 0.1) is 5.82 Å². The van der Waals surface area contributed by atoms with Gasteiger partial charge in [-0.1, -0.05) is 6.07 Å². The van der Waals surface area contributed by atoms with Crippen LogP contribution in [-0.4, -0.2) is 64.5 Å². The van der Waals surface area contributed by atoms with Crippen LogP contribution in [0.25, 0.3) is 0 Å². The fraction of sp³-hybridized carbons (Fsp3) is 0.350. The van der Waals surface area contributed by atoms with Gasteiger partial charge in [0.05, 0.1) is 24.7 Å². The first-order valence-electron chi connectivity index (χ1n) is 9.28. The van der Waals surface area contributed by atoms with Crippen LogP contribution in [0.4, 0.5) is 4.39 Å². The number of halogens is 1. The molecule has 2 N–H and O–H groups in total. The predicted molar refractivity (Wildman–Crippen MR) is 108 cm³/mol. The van der Waals surface area contributed by atoms with Gasteiger partial charge in [-0.05, 0) is 35.9 Å². The molecular formula is C20H24FN3O5S. The van der Waals surface area contributed by atoms with Crippen LogP contribution < -0.4 is 14.6 Å². The Morgan fingerprint density at radius 2 is 1.67 bits per heavy atom. The van der Waals surface area contributed by atoms with E-state index in [0.29, 0.717) is 32.7 Å².